The van der Waals surface area contributed by atoms with Crippen LogP contribution in [0, 0.1) is 6.92 Å². The van der Waals surface area contributed by atoms with Crippen LogP contribution in [0.15, 0.2) is 18.2 Å². The van der Waals surface area contributed by atoms with Crippen molar-refractivity contribution in [3.8, 4) is 11.5 Å². The topological polar surface area (TPSA) is 50.8 Å². The van der Waals surface area contributed by atoms with Crippen molar-refractivity contribution in [1.29, 1.82) is 0 Å². The van der Waals surface area contributed by atoms with Crippen LogP contribution in [-0.2, 0) is 4.79 Å². The Hall–Kier alpha value is -1.75. The van der Waals surface area contributed by atoms with Gasteiger partial charge in [0.25, 0.3) is 5.91 Å². The van der Waals surface area contributed by atoms with Crippen LogP contribution < -0.4 is 14.8 Å². The van der Waals surface area contributed by atoms with Gasteiger partial charge in [0.15, 0.2) is 18.1 Å². The highest BCUT2D eigenvalue weighted by Crippen LogP contribution is 2.27. The summed E-state index contributed by atoms with van der Waals surface area (Å²) in [6, 6.07) is 5.93. The number of carbonyl (C=O) groups is 1. The van der Waals surface area contributed by atoms with Crippen molar-refractivity contribution in [2.75, 3.05) is 33.9 Å². The summed E-state index contributed by atoms with van der Waals surface area (Å²) in [5.41, 5.74) is 1.09. The average Bonchev–Trinajstić information content (AvgIpc) is 2.98. The lowest BCUT2D eigenvalue weighted by Gasteiger charge is -2.24. The van der Waals surface area contributed by atoms with Gasteiger partial charge in [-0.25, -0.2) is 0 Å². The molecule has 0 spiro atoms. The monoisotopic (exact) mass is 278 g/mol. The molecule has 0 bridgehead atoms. The highest BCUT2D eigenvalue weighted by Gasteiger charge is 2.23. The number of amides is 1. The molecule has 5 heteroatoms. The maximum absolute atomic E-state index is 12.1. The molecule has 0 aliphatic carbocycles. The van der Waals surface area contributed by atoms with E-state index < -0.39 is 0 Å². The van der Waals surface area contributed by atoms with Crippen LogP contribution in [0.1, 0.15) is 12.0 Å². The maximum Gasteiger partial charge on any atom is 0.260 e. The number of hydrogen-bond donors (Lipinski definition) is 1. The lowest BCUT2D eigenvalue weighted by atomic mass is 10.2. The Morgan fingerprint density at radius 1 is 1.45 bits per heavy atom. The minimum absolute atomic E-state index is 0.0127. The summed E-state index contributed by atoms with van der Waals surface area (Å²) in [5, 5.41) is 3.25. The third-order valence-corrected chi connectivity index (χ3v) is 3.65. The first-order valence-corrected chi connectivity index (χ1v) is 6.85. The Labute approximate surface area is 119 Å². The molecule has 1 N–H and O–H groups in total. The van der Waals surface area contributed by atoms with Gasteiger partial charge in [-0.3, -0.25) is 4.79 Å². The molecule has 1 amide bonds. The van der Waals surface area contributed by atoms with Gasteiger partial charge in [0.05, 0.1) is 7.11 Å². The first-order valence-electron chi connectivity index (χ1n) is 6.85. The number of carbonyl (C=O) groups excluding carboxylic acids is 1. The van der Waals surface area contributed by atoms with E-state index >= 15 is 0 Å². The third-order valence-electron chi connectivity index (χ3n) is 3.65. The van der Waals surface area contributed by atoms with E-state index in [0.717, 1.165) is 25.1 Å². The van der Waals surface area contributed by atoms with Crippen LogP contribution >= 0.6 is 0 Å². The Morgan fingerprint density at radius 3 is 2.90 bits per heavy atom. The lowest BCUT2D eigenvalue weighted by Crippen LogP contribution is -2.40. The Kier molecular flexibility index (Phi) is 4.84. The van der Waals surface area contributed by atoms with Gasteiger partial charge in [0.1, 0.15) is 0 Å². The molecule has 5 nitrogen and oxygen atoms in total. The van der Waals surface area contributed by atoms with Crippen LogP contribution in [-0.4, -0.2) is 50.7 Å². The van der Waals surface area contributed by atoms with Gasteiger partial charge in [-0.15, -0.1) is 0 Å². The van der Waals surface area contributed by atoms with Gasteiger partial charge in [0.2, 0.25) is 0 Å². The summed E-state index contributed by atoms with van der Waals surface area (Å²) in [6.45, 7) is 3.84. The van der Waals surface area contributed by atoms with Crippen molar-refractivity contribution in [3.63, 3.8) is 0 Å². The maximum atomic E-state index is 12.1. The number of rotatable bonds is 5. The number of likely N-dealkylation sites (N-methyl/N-ethyl adjacent to an activating group) is 1. The van der Waals surface area contributed by atoms with Crippen molar-refractivity contribution in [1.82, 2.24) is 10.2 Å². The molecule has 1 aromatic carbocycles. The van der Waals surface area contributed by atoms with E-state index in [1.807, 2.05) is 32.2 Å². The average molecular weight is 278 g/mol. The largest absolute Gasteiger partial charge is 0.493 e. The number of nitrogens with one attached hydrogen (secondary N) is 1. The van der Waals surface area contributed by atoms with E-state index in [0.29, 0.717) is 11.5 Å². The number of hydrogen-bond acceptors (Lipinski definition) is 4. The normalized spacial score (nSPS) is 17.9. The van der Waals surface area contributed by atoms with Crippen LogP contribution in [0.3, 0.4) is 0 Å². The molecule has 0 aromatic heterocycles. The fraction of sp³-hybridized carbons (Fsp3) is 0.533. The first kappa shape index (κ1) is 14.7. The molecule has 1 aliphatic rings. The number of ether oxygens (including phenoxy) is 2. The molecule has 0 radical (unpaired) electrons. The molecule has 2 rings (SSSR count). The summed E-state index contributed by atoms with van der Waals surface area (Å²) < 4.78 is 10.8. The molecule has 1 heterocycles. The van der Waals surface area contributed by atoms with E-state index in [9.17, 15) is 4.79 Å². The van der Waals surface area contributed by atoms with Gasteiger partial charge in [-0.05, 0) is 37.6 Å². The predicted octanol–water partition coefficient (Wildman–Crippen LogP) is 1.20. The lowest BCUT2D eigenvalue weighted by molar-refractivity contribution is -0.133. The van der Waals surface area contributed by atoms with Crippen LogP contribution in [0.25, 0.3) is 0 Å². The molecule has 0 saturated carbocycles. The zero-order valence-corrected chi connectivity index (χ0v) is 12.3. The van der Waals surface area contributed by atoms with E-state index in [1.54, 1.807) is 12.0 Å². The minimum Gasteiger partial charge on any atom is -0.493 e. The van der Waals surface area contributed by atoms with Gasteiger partial charge in [-0.1, -0.05) is 6.07 Å². The standard InChI is InChI=1S/C15H22N2O3/c1-11-4-5-13(14(8-11)19-3)20-10-15(18)17(2)12-6-7-16-9-12/h4-5,8,12,16H,6-7,9-10H2,1-3H3. The number of aryl methyl sites for hydroxylation is 1. The number of methoxy groups -OCH3 is 1. The van der Waals surface area contributed by atoms with E-state index in [2.05, 4.69) is 5.32 Å². The Balaban J connectivity index is 1.92. The van der Waals surface area contributed by atoms with Crippen molar-refractivity contribution in [2.24, 2.45) is 0 Å². The minimum atomic E-state index is -0.0127. The fourth-order valence-corrected chi connectivity index (χ4v) is 2.31. The molecule has 1 aromatic rings. The highest BCUT2D eigenvalue weighted by molar-refractivity contribution is 5.78. The third kappa shape index (κ3) is 3.42. The number of benzene rings is 1. The van der Waals surface area contributed by atoms with Gasteiger partial charge in [-0.2, -0.15) is 0 Å². The van der Waals surface area contributed by atoms with Crippen molar-refractivity contribution in [3.05, 3.63) is 23.8 Å². The van der Waals surface area contributed by atoms with Crippen molar-refractivity contribution >= 4 is 5.91 Å². The second kappa shape index (κ2) is 6.61. The summed E-state index contributed by atoms with van der Waals surface area (Å²) in [6.07, 6.45) is 0.996. The van der Waals surface area contributed by atoms with E-state index in [1.165, 1.54) is 0 Å². The van der Waals surface area contributed by atoms with Crippen LogP contribution in [0.2, 0.25) is 0 Å². The quantitative estimate of drug-likeness (QED) is 0.879. The second-order valence-electron chi connectivity index (χ2n) is 5.09. The molecule has 1 aliphatic heterocycles. The van der Waals surface area contributed by atoms with Gasteiger partial charge in [0, 0.05) is 19.6 Å². The first-order chi connectivity index (χ1) is 9.61. The Morgan fingerprint density at radius 2 is 2.25 bits per heavy atom. The summed E-state index contributed by atoms with van der Waals surface area (Å²) in [7, 11) is 3.43. The molecule has 110 valence electrons. The molecule has 1 unspecified atom stereocenters. The summed E-state index contributed by atoms with van der Waals surface area (Å²) in [4.78, 5) is 13.9. The summed E-state index contributed by atoms with van der Waals surface area (Å²) >= 11 is 0. The molecular weight excluding hydrogens is 256 g/mol. The molecule has 20 heavy (non-hydrogen) atoms. The van der Waals surface area contributed by atoms with Gasteiger partial charge >= 0.3 is 0 Å². The predicted molar refractivity (Wildman–Crippen MR) is 77.3 cm³/mol. The highest BCUT2D eigenvalue weighted by atomic mass is 16.5. The molecule has 1 saturated heterocycles. The summed E-state index contributed by atoms with van der Waals surface area (Å²) in [5.74, 6) is 1.24. The van der Waals surface area contributed by atoms with Crippen LogP contribution in [0.4, 0.5) is 0 Å². The number of nitrogens with zero attached hydrogens (tertiary/aromatic N) is 1. The van der Waals surface area contributed by atoms with Crippen molar-refractivity contribution < 1.29 is 14.3 Å². The molecule has 1 fully saturated rings. The fourth-order valence-electron chi connectivity index (χ4n) is 2.31. The molecular formula is C15H22N2O3. The Bertz CT molecular complexity index is 470. The second-order valence-corrected chi connectivity index (χ2v) is 5.09. The van der Waals surface area contributed by atoms with Crippen molar-refractivity contribution in [2.45, 2.75) is 19.4 Å². The van der Waals surface area contributed by atoms with Gasteiger partial charge < -0.3 is 19.7 Å². The SMILES string of the molecule is COc1cc(C)ccc1OCC(=O)N(C)C1CCNC1. The van der Waals surface area contributed by atoms with E-state index in [-0.39, 0.29) is 18.6 Å². The van der Waals surface area contributed by atoms with E-state index in [4.69, 9.17) is 9.47 Å². The molecule has 1 atom stereocenters. The zero-order chi connectivity index (χ0) is 14.5. The smallest absolute Gasteiger partial charge is 0.260 e. The van der Waals surface area contributed by atoms with Crippen LogP contribution in [0.5, 0.6) is 11.5 Å². The zero-order valence-electron chi connectivity index (χ0n) is 12.3.